The molecule has 1 aromatic rings. The van der Waals surface area contributed by atoms with Crippen LogP contribution in [0.1, 0.15) is 24.8 Å². The van der Waals surface area contributed by atoms with Gasteiger partial charge in [0, 0.05) is 5.56 Å². The molecule has 1 aliphatic rings. The van der Waals surface area contributed by atoms with Gasteiger partial charge in [-0.2, -0.15) is 0 Å². The quantitative estimate of drug-likeness (QED) is 0.785. The lowest BCUT2D eigenvalue weighted by molar-refractivity contribution is -0.147. The lowest BCUT2D eigenvalue weighted by atomic mass is 9.64. The molecule has 0 amide bonds. The summed E-state index contributed by atoms with van der Waals surface area (Å²) >= 11 is 0. The Balaban J connectivity index is 2.51. The number of hydrogen-bond donors (Lipinski definition) is 2. The van der Waals surface area contributed by atoms with Gasteiger partial charge in [0.15, 0.2) is 0 Å². The fraction of sp³-hybridized carbons (Fsp3) is 0.364. The second-order valence-electron chi connectivity index (χ2n) is 3.90. The predicted octanol–water partition coefficient (Wildman–Crippen LogP) is 2.04. The lowest BCUT2D eigenvalue weighted by Crippen LogP contribution is -2.42. The molecule has 0 aromatic heterocycles. The van der Waals surface area contributed by atoms with Crippen LogP contribution in [-0.2, 0) is 10.2 Å². The predicted molar refractivity (Wildman–Crippen MR) is 51.2 cm³/mol. The van der Waals surface area contributed by atoms with Crippen LogP contribution in [0.3, 0.4) is 0 Å². The SMILES string of the molecule is O=C(O)C1(c2cc(F)ccc2O)CCC1. The number of aromatic hydroxyl groups is 1. The van der Waals surface area contributed by atoms with Gasteiger partial charge in [0.1, 0.15) is 11.6 Å². The Morgan fingerprint density at radius 3 is 2.53 bits per heavy atom. The van der Waals surface area contributed by atoms with Crippen LogP contribution in [0.2, 0.25) is 0 Å². The molecule has 0 unspecified atom stereocenters. The minimum absolute atomic E-state index is 0.140. The van der Waals surface area contributed by atoms with Crippen molar-refractivity contribution in [3.63, 3.8) is 0 Å². The molecule has 15 heavy (non-hydrogen) atoms. The van der Waals surface area contributed by atoms with Gasteiger partial charge in [-0.15, -0.1) is 0 Å². The monoisotopic (exact) mass is 210 g/mol. The van der Waals surface area contributed by atoms with Crippen molar-refractivity contribution in [3.05, 3.63) is 29.6 Å². The van der Waals surface area contributed by atoms with Gasteiger partial charge >= 0.3 is 5.97 Å². The Bertz CT molecular complexity index is 410. The molecular weight excluding hydrogens is 199 g/mol. The molecule has 0 aliphatic heterocycles. The van der Waals surface area contributed by atoms with E-state index >= 15 is 0 Å². The first kappa shape index (κ1) is 9.96. The zero-order valence-corrected chi connectivity index (χ0v) is 8.03. The van der Waals surface area contributed by atoms with Crippen molar-refractivity contribution in [3.8, 4) is 5.75 Å². The average molecular weight is 210 g/mol. The summed E-state index contributed by atoms with van der Waals surface area (Å²) in [6.45, 7) is 0. The van der Waals surface area contributed by atoms with Crippen molar-refractivity contribution in [2.24, 2.45) is 0 Å². The minimum atomic E-state index is -1.08. The van der Waals surface area contributed by atoms with E-state index in [1.807, 2.05) is 0 Å². The number of halogens is 1. The van der Waals surface area contributed by atoms with Crippen LogP contribution in [0.15, 0.2) is 18.2 Å². The fourth-order valence-corrected chi connectivity index (χ4v) is 2.02. The maximum Gasteiger partial charge on any atom is 0.314 e. The van der Waals surface area contributed by atoms with Gasteiger partial charge in [-0.3, -0.25) is 4.79 Å². The third-order valence-corrected chi connectivity index (χ3v) is 3.09. The molecule has 0 bridgehead atoms. The van der Waals surface area contributed by atoms with Crippen LogP contribution >= 0.6 is 0 Å². The minimum Gasteiger partial charge on any atom is -0.508 e. The van der Waals surface area contributed by atoms with Crippen LogP contribution in [0.25, 0.3) is 0 Å². The first-order chi connectivity index (χ1) is 7.06. The number of carbonyl (C=O) groups is 1. The molecule has 1 aromatic carbocycles. The Kier molecular flexibility index (Phi) is 2.14. The Morgan fingerprint density at radius 1 is 1.40 bits per heavy atom. The second kappa shape index (κ2) is 3.22. The third-order valence-electron chi connectivity index (χ3n) is 3.09. The normalized spacial score (nSPS) is 18.2. The number of phenolic OH excluding ortho intramolecular Hbond substituents is 1. The van der Waals surface area contributed by atoms with Gasteiger partial charge < -0.3 is 10.2 Å². The molecule has 80 valence electrons. The smallest absolute Gasteiger partial charge is 0.314 e. The van der Waals surface area contributed by atoms with E-state index in [1.54, 1.807) is 0 Å². The van der Waals surface area contributed by atoms with Crippen molar-refractivity contribution >= 4 is 5.97 Å². The summed E-state index contributed by atoms with van der Waals surface area (Å²) in [5.41, 5.74) is -0.882. The van der Waals surface area contributed by atoms with Gasteiger partial charge in [0.05, 0.1) is 5.41 Å². The summed E-state index contributed by atoms with van der Waals surface area (Å²) < 4.78 is 13.0. The first-order valence-corrected chi connectivity index (χ1v) is 4.79. The Morgan fingerprint density at radius 2 is 2.07 bits per heavy atom. The van der Waals surface area contributed by atoms with E-state index in [9.17, 15) is 14.3 Å². The van der Waals surface area contributed by atoms with Gasteiger partial charge in [-0.25, -0.2) is 4.39 Å². The van der Waals surface area contributed by atoms with E-state index in [2.05, 4.69) is 0 Å². The summed E-state index contributed by atoms with van der Waals surface area (Å²) in [5, 5.41) is 18.7. The Hall–Kier alpha value is -1.58. The number of hydrogen-bond acceptors (Lipinski definition) is 2. The highest BCUT2D eigenvalue weighted by molar-refractivity contribution is 5.83. The van der Waals surface area contributed by atoms with Crippen LogP contribution < -0.4 is 0 Å². The van der Waals surface area contributed by atoms with Gasteiger partial charge in [0.2, 0.25) is 0 Å². The molecule has 2 rings (SSSR count). The molecule has 0 radical (unpaired) electrons. The summed E-state index contributed by atoms with van der Waals surface area (Å²) in [5.74, 6) is -1.65. The highest BCUT2D eigenvalue weighted by Crippen LogP contribution is 2.47. The van der Waals surface area contributed by atoms with E-state index in [0.29, 0.717) is 12.8 Å². The molecule has 1 saturated carbocycles. The maximum atomic E-state index is 13.0. The van der Waals surface area contributed by atoms with Crippen molar-refractivity contribution in [2.45, 2.75) is 24.7 Å². The topological polar surface area (TPSA) is 57.5 Å². The van der Waals surface area contributed by atoms with Gasteiger partial charge in [0.25, 0.3) is 0 Å². The zero-order chi connectivity index (χ0) is 11.1. The van der Waals surface area contributed by atoms with Gasteiger partial charge in [-0.05, 0) is 31.0 Å². The van der Waals surface area contributed by atoms with E-state index in [-0.39, 0.29) is 11.3 Å². The molecule has 2 N–H and O–H groups in total. The van der Waals surface area contributed by atoms with E-state index < -0.39 is 17.2 Å². The Labute approximate surface area is 86.2 Å². The van der Waals surface area contributed by atoms with Crippen LogP contribution in [0, 0.1) is 5.82 Å². The second-order valence-corrected chi connectivity index (χ2v) is 3.90. The summed E-state index contributed by atoms with van der Waals surface area (Å²) in [4.78, 5) is 11.1. The highest BCUT2D eigenvalue weighted by Gasteiger charge is 2.47. The standard InChI is InChI=1S/C11H11FO3/c12-7-2-3-9(13)8(6-7)11(10(14)15)4-1-5-11/h2-3,6,13H,1,4-5H2,(H,14,15). The largest absolute Gasteiger partial charge is 0.508 e. The molecule has 0 spiro atoms. The van der Waals surface area contributed by atoms with E-state index in [1.165, 1.54) is 6.07 Å². The van der Waals surface area contributed by atoms with E-state index in [0.717, 1.165) is 18.6 Å². The molecule has 1 aliphatic carbocycles. The molecule has 0 heterocycles. The maximum absolute atomic E-state index is 13.0. The summed E-state index contributed by atoms with van der Waals surface area (Å²) in [6, 6.07) is 3.43. The number of carboxylic acid groups (broad SMARTS) is 1. The molecule has 3 nitrogen and oxygen atoms in total. The molecule has 4 heteroatoms. The molecule has 0 atom stereocenters. The lowest BCUT2D eigenvalue weighted by Gasteiger charge is -2.38. The molecule has 0 saturated heterocycles. The zero-order valence-electron chi connectivity index (χ0n) is 8.03. The number of aliphatic carboxylic acids is 1. The van der Waals surface area contributed by atoms with Crippen molar-refractivity contribution < 1.29 is 19.4 Å². The van der Waals surface area contributed by atoms with Crippen LogP contribution in [-0.4, -0.2) is 16.2 Å². The molecular formula is C11H11FO3. The number of benzene rings is 1. The highest BCUT2D eigenvalue weighted by atomic mass is 19.1. The third kappa shape index (κ3) is 1.37. The first-order valence-electron chi connectivity index (χ1n) is 4.79. The van der Waals surface area contributed by atoms with Gasteiger partial charge in [-0.1, -0.05) is 6.42 Å². The average Bonchev–Trinajstić information content (AvgIpc) is 2.08. The fourth-order valence-electron chi connectivity index (χ4n) is 2.02. The number of carboxylic acids is 1. The number of phenols is 1. The van der Waals surface area contributed by atoms with Crippen molar-refractivity contribution in [1.29, 1.82) is 0 Å². The summed E-state index contributed by atoms with van der Waals surface area (Å²) in [6.07, 6.45) is 1.71. The van der Waals surface area contributed by atoms with Crippen molar-refractivity contribution in [1.82, 2.24) is 0 Å². The summed E-state index contributed by atoms with van der Waals surface area (Å²) in [7, 11) is 0. The van der Waals surface area contributed by atoms with Crippen molar-refractivity contribution in [2.75, 3.05) is 0 Å². The van der Waals surface area contributed by atoms with E-state index in [4.69, 9.17) is 5.11 Å². The molecule has 1 fully saturated rings. The van der Waals surface area contributed by atoms with Crippen LogP contribution in [0.4, 0.5) is 4.39 Å². The van der Waals surface area contributed by atoms with Crippen LogP contribution in [0.5, 0.6) is 5.75 Å². The number of rotatable bonds is 2.